The molecule has 4 heteroatoms. The SMILES string of the molecule is Clc1ncn2cc(NC3CC3)ccc12. The van der Waals surface area contributed by atoms with Crippen LogP contribution in [0.3, 0.4) is 0 Å². The van der Waals surface area contributed by atoms with Gasteiger partial charge in [-0.25, -0.2) is 4.98 Å². The normalized spacial score (nSPS) is 16.1. The molecule has 72 valence electrons. The summed E-state index contributed by atoms with van der Waals surface area (Å²) in [5.74, 6) is 0. The average molecular weight is 208 g/mol. The van der Waals surface area contributed by atoms with Crippen molar-refractivity contribution < 1.29 is 0 Å². The lowest BCUT2D eigenvalue weighted by molar-refractivity contribution is 1.11. The second kappa shape index (κ2) is 2.89. The number of hydrogen-bond donors (Lipinski definition) is 1. The van der Waals surface area contributed by atoms with Gasteiger partial charge in [-0.3, -0.25) is 0 Å². The maximum Gasteiger partial charge on any atom is 0.154 e. The summed E-state index contributed by atoms with van der Waals surface area (Å²) < 4.78 is 1.94. The van der Waals surface area contributed by atoms with E-state index >= 15 is 0 Å². The molecule has 2 heterocycles. The molecule has 0 bridgehead atoms. The van der Waals surface area contributed by atoms with Crippen LogP contribution < -0.4 is 5.32 Å². The highest BCUT2D eigenvalue weighted by Crippen LogP contribution is 2.25. The van der Waals surface area contributed by atoms with Crippen molar-refractivity contribution in [2.45, 2.75) is 18.9 Å². The van der Waals surface area contributed by atoms with E-state index in [1.807, 2.05) is 22.7 Å². The molecule has 0 atom stereocenters. The van der Waals surface area contributed by atoms with Crippen LogP contribution >= 0.6 is 11.6 Å². The van der Waals surface area contributed by atoms with Crippen LogP contribution in [-0.2, 0) is 0 Å². The zero-order chi connectivity index (χ0) is 9.54. The van der Waals surface area contributed by atoms with Gasteiger partial charge in [0, 0.05) is 12.2 Å². The lowest BCUT2D eigenvalue weighted by Gasteiger charge is -2.04. The number of nitrogens with one attached hydrogen (secondary N) is 1. The Kier molecular flexibility index (Phi) is 1.67. The molecule has 0 unspecified atom stereocenters. The Labute approximate surface area is 86.7 Å². The van der Waals surface area contributed by atoms with Gasteiger partial charge in [-0.1, -0.05) is 11.6 Å². The van der Waals surface area contributed by atoms with Gasteiger partial charge in [-0.2, -0.15) is 0 Å². The molecule has 1 fully saturated rings. The van der Waals surface area contributed by atoms with Crippen molar-refractivity contribution in [2.75, 3.05) is 5.32 Å². The fraction of sp³-hybridized carbons (Fsp3) is 0.300. The number of nitrogens with zero attached hydrogens (tertiary/aromatic N) is 2. The molecular formula is C10H10ClN3. The first-order valence-corrected chi connectivity index (χ1v) is 5.09. The Balaban J connectivity index is 2.01. The maximum absolute atomic E-state index is 5.89. The van der Waals surface area contributed by atoms with Gasteiger partial charge in [-0.15, -0.1) is 0 Å². The number of aromatic nitrogens is 2. The van der Waals surface area contributed by atoms with Crippen LogP contribution in [0.5, 0.6) is 0 Å². The molecule has 14 heavy (non-hydrogen) atoms. The van der Waals surface area contributed by atoms with Crippen molar-refractivity contribution in [1.82, 2.24) is 9.38 Å². The van der Waals surface area contributed by atoms with E-state index in [9.17, 15) is 0 Å². The predicted octanol–water partition coefficient (Wildman–Crippen LogP) is 2.56. The van der Waals surface area contributed by atoms with Crippen molar-refractivity contribution in [3.8, 4) is 0 Å². The van der Waals surface area contributed by atoms with E-state index < -0.39 is 0 Å². The molecule has 3 rings (SSSR count). The summed E-state index contributed by atoms with van der Waals surface area (Å²) >= 11 is 5.89. The summed E-state index contributed by atoms with van der Waals surface area (Å²) in [4.78, 5) is 4.03. The van der Waals surface area contributed by atoms with Gasteiger partial charge >= 0.3 is 0 Å². The summed E-state index contributed by atoms with van der Waals surface area (Å²) in [6.07, 6.45) is 6.31. The molecular weight excluding hydrogens is 198 g/mol. The zero-order valence-electron chi connectivity index (χ0n) is 7.57. The molecule has 0 spiro atoms. The van der Waals surface area contributed by atoms with Crippen molar-refractivity contribution in [1.29, 1.82) is 0 Å². The van der Waals surface area contributed by atoms with Crippen LogP contribution in [0, 0.1) is 0 Å². The molecule has 0 aromatic carbocycles. The Morgan fingerprint density at radius 3 is 3.07 bits per heavy atom. The monoisotopic (exact) mass is 207 g/mol. The third-order valence-electron chi connectivity index (χ3n) is 2.43. The first kappa shape index (κ1) is 8.12. The number of anilines is 1. The summed E-state index contributed by atoms with van der Waals surface area (Å²) in [5.41, 5.74) is 2.09. The lowest BCUT2D eigenvalue weighted by Crippen LogP contribution is -2.01. The third kappa shape index (κ3) is 1.34. The van der Waals surface area contributed by atoms with E-state index in [-0.39, 0.29) is 0 Å². The first-order valence-electron chi connectivity index (χ1n) is 4.72. The molecule has 1 N–H and O–H groups in total. The number of hydrogen-bond acceptors (Lipinski definition) is 2. The highest BCUT2D eigenvalue weighted by molar-refractivity contribution is 6.32. The highest BCUT2D eigenvalue weighted by atomic mass is 35.5. The Bertz CT molecular complexity index is 473. The van der Waals surface area contributed by atoms with Crippen LogP contribution in [0.1, 0.15) is 12.8 Å². The van der Waals surface area contributed by atoms with Crippen molar-refractivity contribution in [3.63, 3.8) is 0 Å². The summed E-state index contributed by atoms with van der Waals surface area (Å²) in [6, 6.07) is 4.70. The first-order chi connectivity index (χ1) is 6.83. The minimum absolute atomic E-state index is 0.558. The summed E-state index contributed by atoms with van der Waals surface area (Å²) in [6.45, 7) is 0. The van der Waals surface area contributed by atoms with Gasteiger partial charge in [0.2, 0.25) is 0 Å². The molecule has 1 aliphatic rings. The largest absolute Gasteiger partial charge is 0.381 e. The molecule has 1 saturated carbocycles. The van der Waals surface area contributed by atoms with Crippen LogP contribution in [0.4, 0.5) is 5.69 Å². The van der Waals surface area contributed by atoms with Gasteiger partial charge in [-0.05, 0) is 25.0 Å². The van der Waals surface area contributed by atoms with E-state index in [0.717, 1.165) is 11.2 Å². The van der Waals surface area contributed by atoms with E-state index in [0.29, 0.717) is 11.2 Å². The molecule has 0 aliphatic heterocycles. The van der Waals surface area contributed by atoms with E-state index in [4.69, 9.17) is 11.6 Å². The smallest absolute Gasteiger partial charge is 0.154 e. The lowest BCUT2D eigenvalue weighted by atomic mass is 10.3. The second-order valence-corrected chi connectivity index (χ2v) is 4.02. The third-order valence-corrected chi connectivity index (χ3v) is 2.72. The average Bonchev–Trinajstić information content (AvgIpc) is 2.92. The number of imidazole rings is 1. The summed E-state index contributed by atoms with van der Waals surface area (Å²) in [5, 5.41) is 3.98. The van der Waals surface area contributed by atoms with Crippen molar-refractivity contribution in [2.24, 2.45) is 0 Å². The zero-order valence-corrected chi connectivity index (χ0v) is 8.33. The molecule has 0 saturated heterocycles. The predicted molar refractivity (Wildman–Crippen MR) is 56.8 cm³/mol. The molecule has 2 aromatic rings. The van der Waals surface area contributed by atoms with E-state index in [2.05, 4.69) is 10.3 Å². The Morgan fingerprint density at radius 2 is 2.29 bits per heavy atom. The Hall–Kier alpha value is -1.22. The van der Waals surface area contributed by atoms with Gasteiger partial charge in [0.05, 0.1) is 11.2 Å². The van der Waals surface area contributed by atoms with E-state index in [1.165, 1.54) is 12.8 Å². The number of pyridine rings is 1. The molecule has 0 radical (unpaired) electrons. The standard InChI is InChI=1S/C10H10ClN3/c11-10-9-4-3-8(13-7-1-2-7)5-14(9)6-12-10/h3-7,13H,1-2H2. The molecule has 2 aromatic heterocycles. The van der Waals surface area contributed by atoms with Crippen LogP contribution in [0.25, 0.3) is 5.52 Å². The maximum atomic E-state index is 5.89. The van der Waals surface area contributed by atoms with Gasteiger partial charge in [0.15, 0.2) is 5.15 Å². The Morgan fingerprint density at radius 1 is 1.43 bits per heavy atom. The summed E-state index contributed by atoms with van der Waals surface area (Å²) in [7, 11) is 0. The minimum Gasteiger partial charge on any atom is -0.381 e. The topological polar surface area (TPSA) is 29.3 Å². The van der Waals surface area contributed by atoms with Crippen molar-refractivity contribution >= 4 is 22.8 Å². The van der Waals surface area contributed by atoms with Crippen LogP contribution in [0.2, 0.25) is 5.15 Å². The highest BCUT2D eigenvalue weighted by Gasteiger charge is 2.20. The van der Waals surface area contributed by atoms with Gasteiger partial charge < -0.3 is 9.72 Å². The van der Waals surface area contributed by atoms with Crippen LogP contribution in [0.15, 0.2) is 24.7 Å². The molecule has 3 nitrogen and oxygen atoms in total. The number of halogens is 1. The fourth-order valence-corrected chi connectivity index (χ4v) is 1.72. The second-order valence-electron chi connectivity index (χ2n) is 3.66. The van der Waals surface area contributed by atoms with Gasteiger partial charge in [0.1, 0.15) is 6.33 Å². The van der Waals surface area contributed by atoms with E-state index in [1.54, 1.807) is 6.33 Å². The van der Waals surface area contributed by atoms with Crippen LogP contribution in [-0.4, -0.2) is 15.4 Å². The van der Waals surface area contributed by atoms with Gasteiger partial charge in [0.25, 0.3) is 0 Å². The molecule has 1 aliphatic carbocycles. The quantitative estimate of drug-likeness (QED) is 0.820. The minimum atomic E-state index is 0.558. The fourth-order valence-electron chi connectivity index (χ4n) is 1.52. The van der Waals surface area contributed by atoms with Crippen molar-refractivity contribution in [3.05, 3.63) is 29.8 Å². The molecule has 0 amide bonds. The number of rotatable bonds is 2. The number of fused-ring (bicyclic) bond motifs is 1.